The molecular weight excluding hydrogens is 214 g/mol. The first-order valence-electron chi connectivity index (χ1n) is 4.91. The number of imidazole rings is 1. The molecule has 0 fully saturated rings. The molecule has 0 radical (unpaired) electrons. The molecule has 0 unspecified atom stereocenters. The lowest BCUT2D eigenvalue weighted by Gasteiger charge is -2.06. The summed E-state index contributed by atoms with van der Waals surface area (Å²) >= 11 is 0. The molecule has 1 aromatic heterocycles. The summed E-state index contributed by atoms with van der Waals surface area (Å²) in [5.41, 5.74) is 8.46. The number of nitrogen functional groups attached to an aromatic ring is 1. The van der Waals surface area contributed by atoms with Crippen LogP contribution in [-0.2, 0) is 0 Å². The summed E-state index contributed by atoms with van der Waals surface area (Å²) < 4.78 is 1.57. The van der Waals surface area contributed by atoms with E-state index in [1.807, 2.05) is 25.1 Å². The predicted molar refractivity (Wildman–Crippen MR) is 62.1 cm³/mol. The molecule has 82 valence electrons. The molecule has 17 heavy (non-hydrogen) atoms. The first-order valence-corrected chi connectivity index (χ1v) is 4.91. The molecule has 0 saturated heterocycles. The van der Waals surface area contributed by atoms with Gasteiger partial charge in [0.1, 0.15) is 18.5 Å². The van der Waals surface area contributed by atoms with Gasteiger partial charge in [-0.3, -0.25) is 4.57 Å². The minimum atomic E-state index is 0.127. The predicted octanol–water partition coefficient (Wildman–Crippen LogP) is 1.51. The number of benzene rings is 1. The maximum Gasteiger partial charge on any atom is 0.177 e. The molecule has 0 amide bonds. The third kappa shape index (κ3) is 1.70. The van der Waals surface area contributed by atoms with Gasteiger partial charge in [-0.1, -0.05) is 0 Å². The summed E-state index contributed by atoms with van der Waals surface area (Å²) in [6.07, 6.45) is 1.46. The van der Waals surface area contributed by atoms with E-state index in [1.165, 1.54) is 6.33 Å². The van der Waals surface area contributed by atoms with Gasteiger partial charge in [0.15, 0.2) is 11.4 Å². The van der Waals surface area contributed by atoms with E-state index >= 15 is 0 Å². The van der Waals surface area contributed by atoms with E-state index in [0.29, 0.717) is 5.69 Å². The van der Waals surface area contributed by atoms with Crippen molar-refractivity contribution >= 4 is 5.69 Å². The van der Waals surface area contributed by atoms with Crippen LogP contribution in [0.3, 0.4) is 0 Å². The zero-order valence-electron chi connectivity index (χ0n) is 9.18. The lowest BCUT2D eigenvalue weighted by atomic mass is 10.2. The van der Waals surface area contributed by atoms with Crippen LogP contribution in [0.15, 0.2) is 24.5 Å². The van der Waals surface area contributed by atoms with Crippen molar-refractivity contribution in [2.45, 2.75) is 6.92 Å². The Morgan fingerprint density at radius 2 is 2.06 bits per heavy atom. The molecule has 5 heteroatoms. The normalized spacial score (nSPS) is 9.59. The van der Waals surface area contributed by atoms with Crippen LogP contribution in [0, 0.1) is 29.6 Å². The van der Waals surface area contributed by atoms with Gasteiger partial charge in [-0.05, 0) is 30.7 Å². The summed E-state index contributed by atoms with van der Waals surface area (Å²) in [6, 6.07) is 9.25. The Morgan fingerprint density at radius 3 is 2.65 bits per heavy atom. The lowest BCUT2D eigenvalue weighted by Crippen LogP contribution is -1.98. The third-order valence-corrected chi connectivity index (χ3v) is 2.51. The number of rotatable bonds is 1. The Bertz CT molecular complexity index is 655. The van der Waals surface area contributed by atoms with Crippen LogP contribution in [0.1, 0.15) is 17.0 Å². The van der Waals surface area contributed by atoms with E-state index in [-0.39, 0.29) is 11.4 Å². The van der Waals surface area contributed by atoms with E-state index in [1.54, 1.807) is 16.7 Å². The van der Waals surface area contributed by atoms with Crippen LogP contribution < -0.4 is 5.73 Å². The molecule has 2 rings (SSSR count). The fraction of sp³-hybridized carbons (Fsp3) is 0.0833. The molecule has 0 aliphatic heterocycles. The molecule has 0 bridgehead atoms. The van der Waals surface area contributed by atoms with E-state index in [2.05, 4.69) is 4.98 Å². The number of nitrogens with two attached hydrogens (primary N) is 1. The SMILES string of the molecule is Cc1cc(-n2cnc(C#N)c2C#N)ccc1N. The molecule has 2 aromatic rings. The maximum atomic E-state index is 9.02. The van der Waals surface area contributed by atoms with Crippen molar-refractivity contribution in [1.82, 2.24) is 9.55 Å². The Labute approximate surface area is 98.3 Å². The number of nitriles is 2. The van der Waals surface area contributed by atoms with Gasteiger partial charge < -0.3 is 5.73 Å². The standard InChI is InChI=1S/C12H9N5/c1-8-4-9(2-3-10(8)15)17-7-16-11(5-13)12(17)6-14/h2-4,7H,15H2,1H3. The smallest absolute Gasteiger partial charge is 0.177 e. The van der Waals surface area contributed by atoms with Gasteiger partial charge in [-0.2, -0.15) is 10.5 Å². The quantitative estimate of drug-likeness (QED) is 0.741. The molecule has 0 saturated carbocycles. The fourth-order valence-electron chi connectivity index (χ4n) is 1.54. The molecule has 0 aliphatic rings. The number of hydrogen-bond donors (Lipinski definition) is 1. The average Bonchev–Trinajstić information content (AvgIpc) is 2.75. The Hall–Kier alpha value is -2.79. The van der Waals surface area contributed by atoms with E-state index in [0.717, 1.165) is 11.3 Å². The van der Waals surface area contributed by atoms with Crippen molar-refractivity contribution in [3.63, 3.8) is 0 Å². The van der Waals surface area contributed by atoms with Gasteiger partial charge in [-0.15, -0.1) is 0 Å². The zero-order valence-corrected chi connectivity index (χ0v) is 9.18. The van der Waals surface area contributed by atoms with Crippen LogP contribution in [0.25, 0.3) is 5.69 Å². The lowest BCUT2D eigenvalue weighted by molar-refractivity contribution is 1.03. The molecule has 0 aliphatic carbocycles. The minimum Gasteiger partial charge on any atom is -0.399 e. The van der Waals surface area contributed by atoms with Crippen LogP contribution in [0.4, 0.5) is 5.69 Å². The van der Waals surface area contributed by atoms with Crippen molar-refractivity contribution in [1.29, 1.82) is 10.5 Å². The summed E-state index contributed by atoms with van der Waals surface area (Å²) in [5, 5.41) is 17.8. The molecule has 0 atom stereocenters. The van der Waals surface area contributed by atoms with Crippen molar-refractivity contribution < 1.29 is 0 Å². The monoisotopic (exact) mass is 223 g/mol. The fourth-order valence-corrected chi connectivity index (χ4v) is 1.54. The van der Waals surface area contributed by atoms with Crippen LogP contribution in [0.5, 0.6) is 0 Å². The van der Waals surface area contributed by atoms with Gasteiger partial charge in [0.25, 0.3) is 0 Å². The van der Waals surface area contributed by atoms with Crippen LogP contribution in [-0.4, -0.2) is 9.55 Å². The molecule has 1 aromatic carbocycles. The molecule has 5 nitrogen and oxygen atoms in total. The molecular formula is C12H9N5. The van der Waals surface area contributed by atoms with Gasteiger partial charge in [0.05, 0.1) is 0 Å². The second-order valence-electron chi connectivity index (χ2n) is 3.58. The summed E-state index contributed by atoms with van der Waals surface area (Å²) in [6.45, 7) is 1.88. The molecule has 2 N–H and O–H groups in total. The van der Waals surface area contributed by atoms with Crippen molar-refractivity contribution in [2.24, 2.45) is 0 Å². The minimum absolute atomic E-state index is 0.127. The zero-order chi connectivity index (χ0) is 12.4. The van der Waals surface area contributed by atoms with Gasteiger partial charge in [0.2, 0.25) is 0 Å². The average molecular weight is 223 g/mol. The van der Waals surface area contributed by atoms with Gasteiger partial charge in [-0.25, -0.2) is 4.98 Å². The number of hydrogen-bond acceptors (Lipinski definition) is 4. The largest absolute Gasteiger partial charge is 0.399 e. The summed E-state index contributed by atoms with van der Waals surface area (Å²) in [5.74, 6) is 0. The van der Waals surface area contributed by atoms with Crippen molar-refractivity contribution in [2.75, 3.05) is 5.73 Å². The first-order chi connectivity index (χ1) is 8.17. The highest BCUT2D eigenvalue weighted by Crippen LogP contribution is 2.18. The van der Waals surface area contributed by atoms with E-state index in [4.69, 9.17) is 16.3 Å². The van der Waals surface area contributed by atoms with Crippen LogP contribution >= 0.6 is 0 Å². The topological polar surface area (TPSA) is 91.4 Å². The van der Waals surface area contributed by atoms with Crippen molar-refractivity contribution in [3.8, 4) is 17.8 Å². The maximum absolute atomic E-state index is 9.02. The van der Waals surface area contributed by atoms with Gasteiger partial charge >= 0.3 is 0 Å². The summed E-state index contributed by atoms with van der Waals surface area (Å²) in [4.78, 5) is 3.88. The van der Waals surface area contributed by atoms with Crippen LogP contribution in [0.2, 0.25) is 0 Å². The molecule has 0 spiro atoms. The third-order valence-electron chi connectivity index (χ3n) is 2.51. The Morgan fingerprint density at radius 1 is 1.29 bits per heavy atom. The number of aromatic nitrogens is 2. The first kappa shape index (κ1) is 10.7. The van der Waals surface area contributed by atoms with Gasteiger partial charge in [0, 0.05) is 11.4 Å². The summed E-state index contributed by atoms with van der Waals surface area (Å²) in [7, 11) is 0. The Balaban J connectivity index is 2.62. The number of anilines is 1. The van der Waals surface area contributed by atoms with E-state index in [9.17, 15) is 0 Å². The molecule has 1 heterocycles. The second kappa shape index (κ2) is 3.99. The van der Waals surface area contributed by atoms with Crippen molar-refractivity contribution in [3.05, 3.63) is 41.5 Å². The number of aryl methyl sites for hydroxylation is 1. The van der Waals surface area contributed by atoms with E-state index < -0.39 is 0 Å². The highest BCUT2D eigenvalue weighted by molar-refractivity contribution is 5.53. The second-order valence-corrected chi connectivity index (χ2v) is 3.58. The highest BCUT2D eigenvalue weighted by Gasteiger charge is 2.11. The number of nitrogens with zero attached hydrogens (tertiary/aromatic N) is 4. The highest BCUT2D eigenvalue weighted by atomic mass is 15.1. The Kier molecular flexibility index (Phi) is 2.52.